The van der Waals surface area contributed by atoms with E-state index >= 15 is 0 Å². The fraction of sp³-hybridized carbons (Fsp3) is 0.500. The number of nitrogens with one attached hydrogen (secondary N) is 2. The zero-order chi connectivity index (χ0) is 26.5. The van der Waals surface area contributed by atoms with Gasteiger partial charge in [-0.2, -0.15) is 18.2 Å². The minimum Gasteiger partial charge on any atom is -0.468 e. The summed E-state index contributed by atoms with van der Waals surface area (Å²) in [7, 11) is 0. The Hall–Kier alpha value is -3.41. The highest BCUT2D eigenvalue weighted by Crippen LogP contribution is 2.26. The second-order valence-corrected chi connectivity index (χ2v) is 8.79. The summed E-state index contributed by atoms with van der Waals surface area (Å²) in [4.78, 5) is 35.6. The fourth-order valence-electron chi connectivity index (χ4n) is 3.50. The van der Waals surface area contributed by atoms with Crippen LogP contribution in [0.25, 0.3) is 0 Å². The normalized spacial score (nSPS) is 14.9. The van der Waals surface area contributed by atoms with Crippen LogP contribution >= 0.6 is 0 Å². The molecule has 1 fully saturated rings. The number of pyridine rings is 2. The topological polar surface area (TPSA) is 106 Å². The molecule has 2 aromatic heterocycles. The van der Waals surface area contributed by atoms with E-state index in [9.17, 15) is 22.8 Å². The molecule has 2 N–H and O–H groups in total. The standard InChI is InChI=1S/C24H30F3N5O4/c1-14(2)22(33)30-19-12-17(11-15(3)28-19)16(4)29-23(34)18-5-6-20(36-13-24(25,26)27)31-21(18)32-7-9-35-10-8-32/h5-6,11-12,14,16H,7-10,13H2,1-4H3,(H,29,34)(H,28,30,33). The van der Waals surface area contributed by atoms with Gasteiger partial charge in [0.25, 0.3) is 5.91 Å². The van der Waals surface area contributed by atoms with Crippen LogP contribution in [-0.4, -0.2) is 60.9 Å². The zero-order valence-corrected chi connectivity index (χ0v) is 20.6. The van der Waals surface area contributed by atoms with Crippen molar-refractivity contribution in [2.45, 2.75) is 39.9 Å². The Kier molecular flexibility index (Phi) is 8.72. The number of ether oxygens (including phenoxy) is 2. The molecule has 3 rings (SSSR count). The maximum Gasteiger partial charge on any atom is 0.422 e. The number of hydrogen-bond donors (Lipinski definition) is 2. The highest BCUT2D eigenvalue weighted by atomic mass is 19.4. The first-order chi connectivity index (χ1) is 16.9. The van der Waals surface area contributed by atoms with Crippen LogP contribution in [0.5, 0.6) is 5.88 Å². The smallest absolute Gasteiger partial charge is 0.422 e. The molecule has 12 heteroatoms. The second-order valence-electron chi connectivity index (χ2n) is 8.79. The van der Waals surface area contributed by atoms with Gasteiger partial charge in [-0.1, -0.05) is 13.8 Å². The van der Waals surface area contributed by atoms with Crippen LogP contribution in [-0.2, 0) is 9.53 Å². The SMILES string of the molecule is Cc1cc(C(C)NC(=O)c2ccc(OCC(F)(F)F)nc2N2CCOCC2)cc(NC(=O)C(C)C)n1. The number of rotatable bonds is 8. The van der Waals surface area contributed by atoms with E-state index in [1.807, 2.05) is 0 Å². The van der Waals surface area contributed by atoms with Gasteiger partial charge in [0.2, 0.25) is 11.8 Å². The maximum atomic E-state index is 13.2. The van der Waals surface area contributed by atoms with Crippen molar-refractivity contribution in [2.24, 2.45) is 5.92 Å². The van der Waals surface area contributed by atoms with E-state index in [1.54, 1.807) is 44.7 Å². The van der Waals surface area contributed by atoms with E-state index in [0.717, 1.165) is 5.56 Å². The van der Waals surface area contributed by atoms with Crippen molar-refractivity contribution in [3.05, 3.63) is 41.1 Å². The first kappa shape index (κ1) is 27.2. The summed E-state index contributed by atoms with van der Waals surface area (Å²) < 4.78 is 47.9. The molecule has 1 atom stereocenters. The maximum absolute atomic E-state index is 13.2. The van der Waals surface area contributed by atoms with Crippen LogP contribution in [0.3, 0.4) is 0 Å². The number of nitrogens with zero attached hydrogens (tertiary/aromatic N) is 3. The van der Waals surface area contributed by atoms with Crippen molar-refractivity contribution < 1.29 is 32.2 Å². The molecule has 0 saturated carbocycles. The van der Waals surface area contributed by atoms with Crippen LogP contribution in [0, 0.1) is 12.8 Å². The Morgan fingerprint density at radius 1 is 1.14 bits per heavy atom. The molecule has 1 aliphatic heterocycles. The van der Waals surface area contributed by atoms with Gasteiger partial charge in [0.15, 0.2) is 6.61 Å². The lowest BCUT2D eigenvalue weighted by Gasteiger charge is -2.29. The first-order valence-corrected chi connectivity index (χ1v) is 11.6. The van der Waals surface area contributed by atoms with Crippen LogP contribution in [0.15, 0.2) is 24.3 Å². The Morgan fingerprint density at radius 3 is 2.47 bits per heavy atom. The Balaban J connectivity index is 1.82. The highest BCUT2D eigenvalue weighted by molar-refractivity contribution is 5.99. The van der Waals surface area contributed by atoms with E-state index in [-0.39, 0.29) is 29.1 Å². The lowest BCUT2D eigenvalue weighted by molar-refractivity contribution is -0.154. The van der Waals surface area contributed by atoms with Crippen LogP contribution < -0.4 is 20.3 Å². The summed E-state index contributed by atoms with van der Waals surface area (Å²) in [6.07, 6.45) is -4.51. The van der Waals surface area contributed by atoms with Crippen molar-refractivity contribution in [3.63, 3.8) is 0 Å². The molecule has 36 heavy (non-hydrogen) atoms. The van der Waals surface area contributed by atoms with Crippen molar-refractivity contribution in [1.82, 2.24) is 15.3 Å². The molecule has 1 unspecified atom stereocenters. The molecule has 1 aliphatic rings. The number of halogens is 3. The third-order valence-electron chi connectivity index (χ3n) is 5.39. The molecular weight excluding hydrogens is 479 g/mol. The van der Waals surface area contributed by atoms with Crippen molar-refractivity contribution in [3.8, 4) is 5.88 Å². The molecule has 3 heterocycles. The second kappa shape index (κ2) is 11.5. The molecule has 0 spiro atoms. The number of carbonyl (C=O) groups excluding carboxylic acids is 2. The summed E-state index contributed by atoms with van der Waals surface area (Å²) in [6.45, 7) is 7.27. The largest absolute Gasteiger partial charge is 0.468 e. The van der Waals surface area contributed by atoms with E-state index in [1.165, 1.54) is 12.1 Å². The number of anilines is 2. The van der Waals surface area contributed by atoms with Gasteiger partial charge in [-0.3, -0.25) is 9.59 Å². The summed E-state index contributed by atoms with van der Waals surface area (Å²) in [6, 6.07) is 5.66. The Morgan fingerprint density at radius 2 is 1.83 bits per heavy atom. The molecule has 0 radical (unpaired) electrons. The number of hydrogen-bond acceptors (Lipinski definition) is 7. The fourth-order valence-corrected chi connectivity index (χ4v) is 3.50. The molecule has 1 saturated heterocycles. The molecule has 9 nitrogen and oxygen atoms in total. The molecule has 196 valence electrons. The third-order valence-corrected chi connectivity index (χ3v) is 5.39. The molecular formula is C24H30F3N5O4. The molecule has 0 aromatic carbocycles. The van der Waals surface area contributed by atoms with Gasteiger partial charge in [-0.05, 0) is 37.6 Å². The summed E-state index contributed by atoms with van der Waals surface area (Å²) >= 11 is 0. The van der Waals surface area contributed by atoms with E-state index in [0.29, 0.717) is 37.8 Å². The lowest BCUT2D eigenvalue weighted by atomic mass is 10.1. The van der Waals surface area contributed by atoms with E-state index in [4.69, 9.17) is 9.47 Å². The number of aromatic nitrogens is 2. The van der Waals surface area contributed by atoms with Crippen molar-refractivity contribution in [1.29, 1.82) is 0 Å². The van der Waals surface area contributed by atoms with Crippen LogP contribution in [0.1, 0.15) is 48.4 Å². The average molecular weight is 510 g/mol. The van der Waals surface area contributed by atoms with Crippen molar-refractivity contribution >= 4 is 23.5 Å². The number of aryl methyl sites for hydroxylation is 1. The molecule has 0 aliphatic carbocycles. The van der Waals surface area contributed by atoms with Gasteiger partial charge in [-0.15, -0.1) is 0 Å². The minimum absolute atomic E-state index is 0.176. The number of amides is 2. The Labute approximate surface area is 207 Å². The quantitative estimate of drug-likeness (QED) is 0.560. The summed E-state index contributed by atoms with van der Waals surface area (Å²) in [5.74, 6) is -0.480. The number of alkyl halides is 3. The van der Waals surface area contributed by atoms with Gasteiger partial charge in [0, 0.05) is 30.8 Å². The third kappa shape index (κ3) is 7.54. The van der Waals surface area contributed by atoms with Crippen LogP contribution in [0.2, 0.25) is 0 Å². The Bertz CT molecular complexity index is 1090. The summed E-state index contributed by atoms with van der Waals surface area (Å²) in [5.41, 5.74) is 1.58. The van der Waals surface area contributed by atoms with Crippen LogP contribution in [0.4, 0.5) is 24.8 Å². The zero-order valence-electron chi connectivity index (χ0n) is 20.6. The van der Waals surface area contributed by atoms with Gasteiger partial charge in [0.1, 0.15) is 11.6 Å². The van der Waals surface area contributed by atoms with Gasteiger partial charge in [0.05, 0.1) is 24.8 Å². The predicted octanol–water partition coefficient (Wildman–Crippen LogP) is 3.65. The average Bonchev–Trinajstić information content (AvgIpc) is 2.82. The first-order valence-electron chi connectivity index (χ1n) is 11.6. The molecule has 2 amide bonds. The van der Waals surface area contributed by atoms with Gasteiger partial charge < -0.3 is 25.0 Å². The minimum atomic E-state index is -4.51. The predicted molar refractivity (Wildman–Crippen MR) is 127 cm³/mol. The van der Waals surface area contributed by atoms with Gasteiger partial charge in [-0.25, -0.2) is 4.98 Å². The molecule has 0 bridgehead atoms. The summed E-state index contributed by atoms with van der Waals surface area (Å²) in [5, 5.41) is 5.66. The van der Waals surface area contributed by atoms with Crippen molar-refractivity contribution in [2.75, 3.05) is 43.1 Å². The van der Waals surface area contributed by atoms with E-state index in [2.05, 4.69) is 20.6 Å². The van der Waals surface area contributed by atoms with E-state index < -0.39 is 24.7 Å². The number of carbonyl (C=O) groups is 2. The highest BCUT2D eigenvalue weighted by Gasteiger charge is 2.29. The molecule has 2 aromatic rings. The monoisotopic (exact) mass is 509 g/mol. The lowest BCUT2D eigenvalue weighted by Crippen LogP contribution is -2.39. The number of morpholine rings is 1. The van der Waals surface area contributed by atoms with Gasteiger partial charge >= 0.3 is 6.18 Å².